The first-order valence-corrected chi connectivity index (χ1v) is 2.33. The maximum atomic E-state index is 5.16. The Bertz CT molecular complexity index is 52.6. The quantitative estimate of drug-likeness (QED) is 0.503. The minimum Gasteiger partial charge on any atom is -0.0713 e. The van der Waals surface area contributed by atoms with E-state index in [1.165, 1.54) is 0 Å². The highest BCUT2D eigenvalue weighted by molar-refractivity contribution is 6.55. The van der Waals surface area contributed by atoms with Gasteiger partial charge in [0.15, 0.2) is 0 Å². The second-order valence-electron chi connectivity index (χ2n) is 0.782. The molecule has 0 saturated heterocycles. The lowest BCUT2D eigenvalue weighted by Crippen LogP contribution is -1.50. The van der Waals surface area contributed by atoms with E-state index < -0.39 is 0 Å². The predicted molar refractivity (Wildman–Crippen MR) is 29.8 cm³/mol. The fourth-order valence-electron chi connectivity index (χ4n) is 0.109. The topological polar surface area (TPSA) is 0 Å². The molecule has 0 aliphatic carbocycles. The first-order chi connectivity index (χ1) is 2.77. The van der Waals surface area contributed by atoms with Crippen LogP contribution in [0.4, 0.5) is 0 Å². The molecule has 0 bridgehead atoms. The monoisotopic (exact) mass is 123 g/mol. The first kappa shape index (κ1) is 6.32. The van der Waals surface area contributed by atoms with Crippen LogP contribution in [0.1, 0.15) is 6.42 Å². The number of rotatable bonds is 1. The molecule has 0 rings (SSSR count). The average Bonchev–Trinajstić information content (AvgIpc) is 1.35. The Labute approximate surface area is 47.8 Å². The van der Waals surface area contributed by atoms with Crippen LogP contribution in [0.3, 0.4) is 0 Å². The number of halogens is 2. The van der Waals surface area contributed by atoms with Crippen molar-refractivity contribution < 1.29 is 0 Å². The Morgan fingerprint density at radius 1 is 1.67 bits per heavy atom. The van der Waals surface area contributed by atoms with Crippen molar-refractivity contribution in [2.45, 2.75) is 6.42 Å². The SMILES string of the molecule is [CH2]CC=C(Cl)Cl. The van der Waals surface area contributed by atoms with Gasteiger partial charge >= 0.3 is 0 Å². The fraction of sp³-hybridized carbons (Fsp3) is 0.250. The van der Waals surface area contributed by atoms with Crippen LogP contribution in [-0.2, 0) is 0 Å². The summed E-state index contributed by atoms with van der Waals surface area (Å²) in [5.74, 6) is 0. The van der Waals surface area contributed by atoms with Gasteiger partial charge in [0.1, 0.15) is 4.49 Å². The molecule has 1 radical (unpaired) electrons. The third kappa shape index (κ3) is 4.32. The number of allylic oxidation sites excluding steroid dienone is 1. The zero-order valence-electron chi connectivity index (χ0n) is 3.25. The number of hydrogen-bond acceptors (Lipinski definition) is 0. The molecule has 0 atom stereocenters. The van der Waals surface area contributed by atoms with Gasteiger partial charge in [-0.1, -0.05) is 29.3 Å². The van der Waals surface area contributed by atoms with E-state index in [0.717, 1.165) is 0 Å². The Balaban J connectivity index is 3.14. The molecule has 6 heavy (non-hydrogen) atoms. The van der Waals surface area contributed by atoms with Gasteiger partial charge in [-0.25, -0.2) is 0 Å². The van der Waals surface area contributed by atoms with Crippen LogP contribution in [0.25, 0.3) is 0 Å². The van der Waals surface area contributed by atoms with Crippen LogP contribution in [0, 0.1) is 6.92 Å². The Morgan fingerprint density at radius 3 is 2.17 bits per heavy atom. The van der Waals surface area contributed by atoms with Gasteiger partial charge in [-0.2, -0.15) is 0 Å². The zero-order valence-corrected chi connectivity index (χ0v) is 4.76. The van der Waals surface area contributed by atoms with Crippen LogP contribution in [0.15, 0.2) is 10.6 Å². The van der Waals surface area contributed by atoms with Gasteiger partial charge in [0.25, 0.3) is 0 Å². The molecule has 0 aromatic heterocycles. The average molecular weight is 124 g/mol. The largest absolute Gasteiger partial charge is 0.102 e. The van der Waals surface area contributed by atoms with Crippen LogP contribution in [0.2, 0.25) is 0 Å². The molecule has 0 saturated carbocycles. The third-order valence-corrected chi connectivity index (χ3v) is 0.607. The van der Waals surface area contributed by atoms with Crippen molar-refractivity contribution in [3.8, 4) is 0 Å². The van der Waals surface area contributed by atoms with Crippen molar-refractivity contribution in [1.29, 1.82) is 0 Å². The van der Waals surface area contributed by atoms with E-state index >= 15 is 0 Å². The van der Waals surface area contributed by atoms with Crippen molar-refractivity contribution in [3.63, 3.8) is 0 Å². The Hall–Kier alpha value is 0.320. The maximum absolute atomic E-state index is 5.16. The summed E-state index contributed by atoms with van der Waals surface area (Å²) in [5.41, 5.74) is 0. The summed E-state index contributed by atoms with van der Waals surface area (Å²) in [4.78, 5) is 0. The molecule has 0 spiro atoms. The normalized spacial score (nSPS) is 7.83. The lowest BCUT2D eigenvalue weighted by atomic mass is 10.5. The minimum absolute atomic E-state index is 0.296. The van der Waals surface area contributed by atoms with E-state index in [4.69, 9.17) is 23.2 Å². The van der Waals surface area contributed by atoms with E-state index in [9.17, 15) is 0 Å². The van der Waals surface area contributed by atoms with Crippen molar-refractivity contribution in [2.24, 2.45) is 0 Å². The van der Waals surface area contributed by atoms with E-state index in [-0.39, 0.29) is 0 Å². The van der Waals surface area contributed by atoms with Gasteiger partial charge in [-0.15, -0.1) is 0 Å². The van der Waals surface area contributed by atoms with Crippen LogP contribution in [-0.4, -0.2) is 0 Å². The second-order valence-corrected chi connectivity index (χ2v) is 1.79. The summed E-state index contributed by atoms with van der Waals surface area (Å²) in [5, 5.41) is 0. The van der Waals surface area contributed by atoms with Crippen molar-refractivity contribution in [1.82, 2.24) is 0 Å². The van der Waals surface area contributed by atoms with Crippen molar-refractivity contribution in [3.05, 3.63) is 17.5 Å². The van der Waals surface area contributed by atoms with Crippen molar-refractivity contribution >= 4 is 23.2 Å². The molecule has 0 nitrogen and oxygen atoms in total. The molecule has 0 aliphatic rings. The van der Waals surface area contributed by atoms with E-state index in [2.05, 4.69) is 6.92 Å². The number of hydrogen-bond donors (Lipinski definition) is 0. The van der Waals surface area contributed by atoms with Gasteiger partial charge in [-0.3, -0.25) is 0 Å². The summed E-state index contributed by atoms with van der Waals surface area (Å²) < 4.78 is 0.296. The van der Waals surface area contributed by atoms with E-state index in [1.807, 2.05) is 0 Å². The van der Waals surface area contributed by atoms with Crippen LogP contribution >= 0.6 is 23.2 Å². The molecule has 0 N–H and O–H groups in total. The molecular weight excluding hydrogens is 119 g/mol. The zero-order chi connectivity index (χ0) is 4.99. The summed E-state index contributed by atoms with van der Waals surface area (Å²) in [6.07, 6.45) is 2.28. The van der Waals surface area contributed by atoms with Gasteiger partial charge in [0, 0.05) is 0 Å². The molecule has 0 aromatic carbocycles. The van der Waals surface area contributed by atoms with E-state index in [1.54, 1.807) is 6.08 Å². The van der Waals surface area contributed by atoms with Crippen molar-refractivity contribution in [2.75, 3.05) is 0 Å². The highest BCUT2D eigenvalue weighted by atomic mass is 35.5. The third-order valence-electron chi connectivity index (χ3n) is 0.299. The summed E-state index contributed by atoms with van der Waals surface area (Å²) in [7, 11) is 0. The molecular formula is C4H5Cl2. The minimum atomic E-state index is 0.296. The van der Waals surface area contributed by atoms with E-state index in [0.29, 0.717) is 10.9 Å². The van der Waals surface area contributed by atoms with Gasteiger partial charge in [0.05, 0.1) is 0 Å². The molecule has 0 unspecified atom stereocenters. The van der Waals surface area contributed by atoms with Crippen LogP contribution in [0.5, 0.6) is 0 Å². The fourth-order valence-corrected chi connectivity index (χ4v) is 0.327. The van der Waals surface area contributed by atoms with Crippen LogP contribution < -0.4 is 0 Å². The molecule has 2 heteroatoms. The summed E-state index contributed by atoms with van der Waals surface area (Å²) in [6, 6.07) is 0. The maximum Gasteiger partial charge on any atom is 0.102 e. The molecule has 35 valence electrons. The summed E-state index contributed by atoms with van der Waals surface area (Å²) >= 11 is 10.3. The summed E-state index contributed by atoms with van der Waals surface area (Å²) in [6.45, 7) is 3.48. The van der Waals surface area contributed by atoms with Gasteiger partial charge in [-0.05, 0) is 13.3 Å². The standard InChI is InChI=1S/C4H5Cl2/c1-2-3-4(5)6/h3H,1-2H2. The highest BCUT2D eigenvalue weighted by Crippen LogP contribution is 2.05. The molecule has 0 aliphatic heterocycles. The van der Waals surface area contributed by atoms with Gasteiger partial charge in [0.2, 0.25) is 0 Å². The predicted octanol–water partition coefficient (Wildman–Crippen LogP) is 2.53. The molecule has 0 amide bonds. The highest BCUT2D eigenvalue weighted by Gasteiger charge is 1.74. The molecule has 0 heterocycles. The smallest absolute Gasteiger partial charge is 0.0713 e. The Morgan fingerprint density at radius 2 is 2.17 bits per heavy atom. The lowest BCUT2D eigenvalue weighted by molar-refractivity contribution is 1.41. The lowest BCUT2D eigenvalue weighted by Gasteiger charge is -1.74. The van der Waals surface area contributed by atoms with Gasteiger partial charge < -0.3 is 0 Å². The molecule has 0 fully saturated rings. The first-order valence-electron chi connectivity index (χ1n) is 1.57. The second kappa shape index (κ2) is 3.51. The Kier molecular flexibility index (Phi) is 3.70. The molecule has 0 aromatic rings.